The molecule has 0 atom stereocenters. The quantitative estimate of drug-likeness (QED) is 0.788. The molecule has 1 spiro atoms. The number of ether oxygens (including phenoxy) is 1. The normalized spacial score (nSPS) is 20.4. The van der Waals surface area contributed by atoms with Crippen LogP contribution in [0.5, 0.6) is 5.75 Å². The minimum atomic E-state index is 0.369. The van der Waals surface area contributed by atoms with Gasteiger partial charge in [0.05, 0.1) is 6.61 Å². The largest absolute Gasteiger partial charge is 0.493 e. The number of rotatable bonds is 1. The highest BCUT2D eigenvalue weighted by atomic mass is 16.5. The maximum absolute atomic E-state index is 6.20. The lowest BCUT2D eigenvalue weighted by atomic mass is 9.73. The molecule has 2 aromatic rings. The van der Waals surface area contributed by atoms with Crippen LogP contribution in [0, 0.1) is 5.41 Å². The molecule has 2 aliphatic rings. The molecule has 1 fully saturated rings. The summed E-state index contributed by atoms with van der Waals surface area (Å²) >= 11 is 0. The summed E-state index contributed by atoms with van der Waals surface area (Å²) in [5.74, 6) is 1.09. The van der Waals surface area contributed by atoms with E-state index in [0.717, 1.165) is 12.4 Å². The molecule has 2 aromatic carbocycles. The Labute approximate surface area is 132 Å². The van der Waals surface area contributed by atoms with Gasteiger partial charge in [-0.2, -0.15) is 0 Å². The summed E-state index contributed by atoms with van der Waals surface area (Å²) in [5, 5.41) is 0. The molecule has 2 nitrogen and oxygen atoms in total. The van der Waals surface area contributed by atoms with Crippen molar-refractivity contribution in [2.45, 2.75) is 19.3 Å². The first kappa shape index (κ1) is 13.8. The van der Waals surface area contributed by atoms with Gasteiger partial charge in [-0.3, -0.25) is 0 Å². The van der Waals surface area contributed by atoms with Crippen LogP contribution in [0.2, 0.25) is 0 Å². The molecule has 0 amide bonds. The number of piperidine rings is 1. The fourth-order valence-corrected chi connectivity index (χ4v) is 3.74. The van der Waals surface area contributed by atoms with Gasteiger partial charge in [0.25, 0.3) is 0 Å². The van der Waals surface area contributed by atoms with Crippen molar-refractivity contribution >= 4 is 0 Å². The number of benzene rings is 2. The molecule has 22 heavy (non-hydrogen) atoms. The van der Waals surface area contributed by atoms with Gasteiger partial charge >= 0.3 is 0 Å². The van der Waals surface area contributed by atoms with Crippen LogP contribution in [-0.2, 0) is 6.42 Å². The van der Waals surface area contributed by atoms with E-state index in [0.29, 0.717) is 5.41 Å². The van der Waals surface area contributed by atoms with Crippen molar-refractivity contribution in [3.63, 3.8) is 0 Å². The van der Waals surface area contributed by atoms with E-state index in [1.165, 1.54) is 49.0 Å². The molecular formula is C20H23NO. The summed E-state index contributed by atoms with van der Waals surface area (Å²) in [6, 6.07) is 17.3. The van der Waals surface area contributed by atoms with Crippen LogP contribution in [-0.4, -0.2) is 31.6 Å². The van der Waals surface area contributed by atoms with Crippen LogP contribution in [0.1, 0.15) is 18.4 Å². The number of fused-ring (bicyclic) bond motifs is 1. The van der Waals surface area contributed by atoms with E-state index in [4.69, 9.17) is 4.74 Å². The topological polar surface area (TPSA) is 12.5 Å². The molecule has 0 radical (unpaired) electrons. The van der Waals surface area contributed by atoms with Gasteiger partial charge in [-0.1, -0.05) is 42.5 Å². The zero-order chi connectivity index (χ0) is 15.0. The summed E-state index contributed by atoms with van der Waals surface area (Å²) in [6.45, 7) is 3.27. The molecule has 114 valence electrons. The van der Waals surface area contributed by atoms with Crippen molar-refractivity contribution in [3.8, 4) is 16.9 Å². The van der Waals surface area contributed by atoms with E-state index in [9.17, 15) is 0 Å². The third-order valence-electron chi connectivity index (χ3n) is 5.32. The molecule has 0 unspecified atom stereocenters. The van der Waals surface area contributed by atoms with Gasteiger partial charge in [0, 0.05) is 5.41 Å². The van der Waals surface area contributed by atoms with Gasteiger partial charge in [0.1, 0.15) is 5.75 Å². The number of nitrogens with zero attached hydrogens (tertiary/aromatic N) is 1. The van der Waals surface area contributed by atoms with E-state index < -0.39 is 0 Å². The number of hydrogen-bond acceptors (Lipinski definition) is 2. The van der Waals surface area contributed by atoms with Crippen LogP contribution in [0.25, 0.3) is 11.1 Å². The molecule has 0 bridgehead atoms. The Kier molecular flexibility index (Phi) is 3.42. The number of likely N-dealkylation sites (tertiary alicyclic amines) is 1. The summed E-state index contributed by atoms with van der Waals surface area (Å²) in [6.07, 6.45) is 3.68. The van der Waals surface area contributed by atoms with Gasteiger partial charge in [-0.05, 0) is 62.2 Å². The standard InChI is InChI=1S/C20H23NO/c1-21-11-9-20(10-12-21)14-18-8-7-17(13-19(18)22-15-20)16-5-3-2-4-6-16/h2-8,13H,9-12,14-15H2,1H3. The molecule has 0 aliphatic carbocycles. The van der Waals surface area contributed by atoms with E-state index in [-0.39, 0.29) is 0 Å². The van der Waals surface area contributed by atoms with Crippen LogP contribution in [0.4, 0.5) is 0 Å². The SMILES string of the molecule is CN1CCC2(CC1)COc1cc(-c3ccccc3)ccc1C2. The van der Waals surface area contributed by atoms with Gasteiger partial charge in [0.2, 0.25) is 0 Å². The fourth-order valence-electron chi connectivity index (χ4n) is 3.74. The monoisotopic (exact) mass is 293 g/mol. The first-order chi connectivity index (χ1) is 10.7. The maximum Gasteiger partial charge on any atom is 0.123 e. The van der Waals surface area contributed by atoms with Gasteiger partial charge in [-0.25, -0.2) is 0 Å². The first-order valence-corrected chi connectivity index (χ1v) is 8.24. The lowest BCUT2D eigenvalue weighted by Gasteiger charge is -2.43. The van der Waals surface area contributed by atoms with Crippen molar-refractivity contribution in [1.29, 1.82) is 0 Å². The lowest BCUT2D eigenvalue weighted by Crippen LogP contribution is -2.44. The molecule has 0 N–H and O–H groups in total. The smallest absolute Gasteiger partial charge is 0.123 e. The van der Waals surface area contributed by atoms with Crippen molar-refractivity contribution in [1.82, 2.24) is 4.90 Å². The molecule has 0 saturated carbocycles. The van der Waals surface area contributed by atoms with Crippen LogP contribution in [0.3, 0.4) is 0 Å². The molecule has 1 saturated heterocycles. The third-order valence-corrected chi connectivity index (χ3v) is 5.32. The summed E-state index contributed by atoms with van der Waals surface area (Å²) in [7, 11) is 2.22. The Morgan fingerprint density at radius 2 is 1.73 bits per heavy atom. The van der Waals surface area contributed by atoms with Crippen molar-refractivity contribution in [3.05, 3.63) is 54.1 Å². The van der Waals surface area contributed by atoms with Gasteiger partial charge in [0.15, 0.2) is 0 Å². The van der Waals surface area contributed by atoms with Crippen LogP contribution in [0.15, 0.2) is 48.5 Å². The summed E-state index contributed by atoms with van der Waals surface area (Å²) < 4.78 is 6.20. The zero-order valence-corrected chi connectivity index (χ0v) is 13.2. The Bertz CT molecular complexity index is 657. The molecule has 2 heteroatoms. The fraction of sp³-hybridized carbons (Fsp3) is 0.400. The average molecular weight is 293 g/mol. The van der Waals surface area contributed by atoms with Gasteiger partial charge in [-0.15, -0.1) is 0 Å². The van der Waals surface area contributed by atoms with Crippen molar-refractivity contribution in [2.75, 3.05) is 26.7 Å². The average Bonchev–Trinajstić information content (AvgIpc) is 2.58. The van der Waals surface area contributed by atoms with E-state index in [2.05, 4.69) is 60.5 Å². The maximum atomic E-state index is 6.20. The third kappa shape index (κ3) is 2.52. The van der Waals surface area contributed by atoms with E-state index in [1.807, 2.05) is 0 Å². The first-order valence-electron chi connectivity index (χ1n) is 8.24. The Morgan fingerprint density at radius 1 is 0.955 bits per heavy atom. The number of hydrogen-bond donors (Lipinski definition) is 0. The molecule has 2 heterocycles. The lowest BCUT2D eigenvalue weighted by molar-refractivity contribution is 0.0499. The molecular weight excluding hydrogens is 270 g/mol. The van der Waals surface area contributed by atoms with Crippen molar-refractivity contribution < 1.29 is 4.74 Å². The highest BCUT2D eigenvalue weighted by molar-refractivity contribution is 5.66. The minimum absolute atomic E-state index is 0.369. The Hall–Kier alpha value is -1.80. The summed E-state index contributed by atoms with van der Waals surface area (Å²) in [5.41, 5.74) is 4.26. The van der Waals surface area contributed by atoms with Crippen LogP contribution >= 0.6 is 0 Å². The molecule has 2 aliphatic heterocycles. The predicted octanol–water partition coefficient (Wildman–Crippen LogP) is 4.00. The Balaban J connectivity index is 1.59. The molecule has 0 aromatic heterocycles. The predicted molar refractivity (Wildman–Crippen MR) is 90.2 cm³/mol. The molecule has 4 rings (SSSR count). The van der Waals surface area contributed by atoms with Crippen molar-refractivity contribution in [2.24, 2.45) is 5.41 Å². The highest BCUT2D eigenvalue weighted by Gasteiger charge is 2.38. The van der Waals surface area contributed by atoms with Crippen LogP contribution < -0.4 is 4.74 Å². The Morgan fingerprint density at radius 3 is 2.50 bits per heavy atom. The second-order valence-electron chi connectivity index (χ2n) is 6.96. The highest BCUT2D eigenvalue weighted by Crippen LogP contribution is 2.42. The minimum Gasteiger partial charge on any atom is -0.493 e. The second-order valence-corrected chi connectivity index (χ2v) is 6.96. The second kappa shape index (κ2) is 5.44. The van der Waals surface area contributed by atoms with E-state index in [1.54, 1.807) is 0 Å². The van der Waals surface area contributed by atoms with Gasteiger partial charge < -0.3 is 9.64 Å². The zero-order valence-electron chi connectivity index (χ0n) is 13.2. The van der Waals surface area contributed by atoms with E-state index >= 15 is 0 Å². The summed E-state index contributed by atoms with van der Waals surface area (Å²) in [4.78, 5) is 2.43.